The topological polar surface area (TPSA) is 104 Å². The number of methoxy groups -OCH3 is 1. The van der Waals surface area contributed by atoms with Crippen molar-refractivity contribution in [2.24, 2.45) is 4.99 Å². The van der Waals surface area contributed by atoms with Crippen molar-refractivity contribution in [1.82, 2.24) is 5.32 Å². The molecule has 1 fully saturated rings. The van der Waals surface area contributed by atoms with E-state index in [0.717, 1.165) is 0 Å². The van der Waals surface area contributed by atoms with Crippen molar-refractivity contribution in [3.8, 4) is 0 Å². The number of fused-ring (bicyclic) bond motifs is 1. The van der Waals surface area contributed by atoms with Gasteiger partial charge in [-0.15, -0.1) is 0 Å². The van der Waals surface area contributed by atoms with E-state index < -0.39 is 24.4 Å². The summed E-state index contributed by atoms with van der Waals surface area (Å²) in [5.74, 6) is 0. The van der Waals surface area contributed by atoms with E-state index in [1.165, 1.54) is 11.8 Å². The normalized spacial score (nSPS) is 39.6. The number of hydrogen-bond acceptors (Lipinski definition) is 8. The maximum atomic E-state index is 9.99. The van der Waals surface area contributed by atoms with E-state index in [4.69, 9.17) is 14.6 Å². The van der Waals surface area contributed by atoms with Crippen molar-refractivity contribution in [2.45, 2.75) is 42.8 Å². The highest BCUT2D eigenvalue weighted by Gasteiger charge is 2.48. The summed E-state index contributed by atoms with van der Waals surface area (Å²) >= 11 is 1.35. The van der Waals surface area contributed by atoms with E-state index in [2.05, 4.69) is 10.3 Å². The fourth-order valence-electron chi connectivity index (χ4n) is 2.15. The Morgan fingerprint density at radius 3 is 2.84 bits per heavy atom. The minimum atomic E-state index is -1.12. The molecule has 6 atom stereocenters. The Hall–Kier alpha value is -0.380. The number of ether oxygens (including phenoxy) is 2. The molecule has 4 N–H and O–H groups in total. The van der Waals surface area contributed by atoms with Crippen LogP contribution in [0, 0.1) is 0 Å². The predicted octanol–water partition coefficient (Wildman–Crippen LogP) is -1.48. The number of amidine groups is 1. The Bertz CT molecular complexity index is 343. The summed E-state index contributed by atoms with van der Waals surface area (Å²) in [5, 5.41) is 32.7. The van der Waals surface area contributed by atoms with E-state index in [1.807, 2.05) is 6.92 Å². The van der Waals surface area contributed by atoms with Crippen molar-refractivity contribution in [2.75, 3.05) is 20.3 Å². The van der Waals surface area contributed by atoms with E-state index >= 15 is 0 Å². The summed E-state index contributed by atoms with van der Waals surface area (Å²) < 4.78 is 10.6. The molecule has 0 amide bonds. The van der Waals surface area contributed by atoms with Crippen LogP contribution >= 0.6 is 11.8 Å². The number of nitrogens with zero attached hydrogens (tertiary/aromatic N) is 1. The molecule has 0 spiro atoms. The van der Waals surface area contributed by atoms with Crippen LogP contribution in [0.1, 0.15) is 6.92 Å². The summed E-state index contributed by atoms with van der Waals surface area (Å²) in [6.45, 7) is 2.17. The van der Waals surface area contributed by atoms with Crippen molar-refractivity contribution < 1.29 is 24.8 Å². The molecule has 110 valence electrons. The van der Waals surface area contributed by atoms with Crippen LogP contribution in [0.2, 0.25) is 0 Å². The third kappa shape index (κ3) is 3.21. The smallest absolute Gasteiger partial charge is 0.159 e. The molecule has 2 rings (SSSR count). The maximum Gasteiger partial charge on any atom is 0.159 e. The largest absolute Gasteiger partial charge is 0.394 e. The second-order valence-electron chi connectivity index (χ2n) is 4.75. The monoisotopic (exact) mass is 292 g/mol. The molecule has 2 aliphatic rings. The molecule has 8 heteroatoms. The second-order valence-corrected chi connectivity index (χ2v) is 5.84. The van der Waals surface area contributed by atoms with Gasteiger partial charge in [0.2, 0.25) is 0 Å². The van der Waals surface area contributed by atoms with E-state index in [1.54, 1.807) is 7.11 Å². The molecule has 1 unspecified atom stereocenters. The van der Waals surface area contributed by atoms with Gasteiger partial charge in [0.15, 0.2) is 5.17 Å². The molecule has 19 heavy (non-hydrogen) atoms. The number of aliphatic hydroxyl groups excluding tert-OH is 3. The van der Waals surface area contributed by atoms with Gasteiger partial charge in [0.05, 0.1) is 13.2 Å². The zero-order valence-electron chi connectivity index (χ0n) is 10.9. The molecule has 0 radical (unpaired) electrons. The molecule has 0 bridgehead atoms. The molecule has 0 aromatic heterocycles. The molecule has 7 nitrogen and oxygen atoms in total. The Labute approximate surface area is 116 Å². The highest BCUT2D eigenvalue weighted by molar-refractivity contribution is 8.14. The third-order valence-corrected chi connectivity index (χ3v) is 4.20. The van der Waals surface area contributed by atoms with Crippen LogP contribution in [0.5, 0.6) is 0 Å². The highest BCUT2D eigenvalue weighted by atomic mass is 32.2. The first kappa shape index (κ1) is 15.0. The standard InChI is InChI=1S/C11H20N2O5S/c1-5(4-17-2)12-11-13-7-9(16)8(15)6(3-14)18-10(7)19-11/h5-10,14-16H,3-4H2,1-2H3,(H,12,13)/t5?,6-,7-,8-,9-,10-/m1/s1. The Morgan fingerprint density at radius 2 is 2.21 bits per heavy atom. The lowest BCUT2D eigenvalue weighted by Crippen LogP contribution is -2.55. The van der Waals surface area contributed by atoms with Crippen LogP contribution in [0.4, 0.5) is 0 Å². The first-order chi connectivity index (χ1) is 9.06. The molecule has 0 aromatic carbocycles. The quantitative estimate of drug-likeness (QED) is 0.501. The lowest BCUT2D eigenvalue weighted by Gasteiger charge is -2.37. The first-order valence-electron chi connectivity index (χ1n) is 6.19. The number of thioether (sulfide) groups is 1. The van der Waals surface area contributed by atoms with Gasteiger partial charge in [-0.05, 0) is 6.92 Å². The first-order valence-corrected chi connectivity index (χ1v) is 7.07. The van der Waals surface area contributed by atoms with Gasteiger partial charge < -0.3 is 30.1 Å². The third-order valence-electron chi connectivity index (χ3n) is 3.13. The van der Waals surface area contributed by atoms with Crippen molar-refractivity contribution in [1.29, 1.82) is 0 Å². The van der Waals surface area contributed by atoms with Crippen LogP contribution in [-0.4, -0.2) is 76.6 Å². The summed E-state index contributed by atoms with van der Waals surface area (Å²) in [5.41, 5.74) is -0.382. The van der Waals surface area contributed by atoms with Crippen molar-refractivity contribution in [3.05, 3.63) is 0 Å². The molecule has 1 saturated heterocycles. The van der Waals surface area contributed by atoms with E-state index in [-0.39, 0.29) is 18.1 Å². The molecule has 0 aromatic rings. The molecular weight excluding hydrogens is 272 g/mol. The fraction of sp³-hybridized carbons (Fsp3) is 0.909. The lowest BCUT2D eigenvalue weighted by atomic mass is 9.99. The van der Waals surface area contributed by atoms with Gasteiger partial charge in [-0.25, -0.2) is 0 Å². The second kappa shape index (κ2) is 6.38. The molecule has 2 heterocycles. The maximum absolute atomic E-state index is 9.99. The Kier molecular flexibility index (Phi) is 5.04. The SMILES string of the molecule is COCC(C)NC1=N[C@@H]2[C@@H](O)[C@H](O)[C@@H](CO)O[C@@H]2S1. The number of nitrogens with one attached hydrogen (secondary N) is 1. The van der Waals surface area contributed by atoms with Gasteiger partial charge in [0.25, 0.3) is 0 Å². The number of rotatable bonds is 4. The number of aliphatic imine (C=N–C) groups is 1. The van der Waals surface area contributed by atoms with Gasteiger partial charge in [-0.2, -0.15) is 0 Å². The zero-order chi connectivity index (χ0) is 14.0. The van der Waals surface area contributed by atoms with Gasteiger partial charge in [-0.3, -0.25) is 4.99 Å². The zero-order valence-corrected chi connectivity index (χ0v) is 11.7. The number of aliphatic hydroxyl groups is 3. The molecule has 0 aliphatic carbocycles. The average molecular weight is 292 g/mol. The minimum absolute atomic E-state index is 0.0899. The Morgan fingerprint density at radius 1 is 1.47 bits per heavy atom. The lowest BCUT2D eigenvalue weighted by molar-refractivity contribution is -0.164. The summed E-state index contributed by atoms with van der Waals surface area (Å²) in [6, 6.07) is -0.424. The van der Waals surface area contributed by atoms with Gasteiger partial charge in [0.1, 0.15) is 29.8 Å². The van der Waals surface area contributed by atoms with Crippen molar-refractivity contribution >= 4 is 16.9 Å². The summed E-state index contributed by atoms with van der Waals surface area (Å²) in [7, 11) is 1.62. The van der Waals surface area contributed by atoms with Crippen LogP contribution in [0.3, 0.4) is 0 Å². The molecule has 2 aliphatic heterocycles. The van der Waals surface area contributed by atoms with E-state index in [9.17, 15) is 10.2 Å². The predicted molar refractivity (Wildman–Crippen MR) is 71.0 cm³/mol. The fourth-order valence-corrected chi connectivity index (χ4v) is 3.38. The van der Waals surface area contributed by atoms with Crippen LogP contribution in [0.15, 0.2) is 4.99 Å². The van der Waals surface area contributed by atoms with Crippen LogP contribution in [0.25, 0.3) is 0 Å². The minimum Gasteiger partial charge on any atom is -0.394 e. The number of hydrogen-bond donors (Lipinski definition) is 4. The summed E-state index contributed by atoms with van der Waals surface area (Å²) in [4.78, 5) is 4.33. The molecule has 0 saturated carbocycles. The van der Waals surface area contributed by atoms with Crippen molar-refractivity contribution in [3.63, 3.8) is 0 Å². The summed E-state index contributed by atoms with van der Waals surface area (Å²) in [6.07, 6.45) is -2.92. The van der Waals surface area contributed by atoms with Gasteiger partial charge in [-0.1, -0.05) is 11.8 Å². The van der Waals surface area contributed by atoms with Crippen LogP contribution in [-0.2, 0) is 9.47 Å². The van der Waals surface area contributed by atoms with Gasteiger partial charge >= 0.3 is 0 Å². The Balaban J connectivity index is 1.98. The van der Waals surface area contributed by atoms with Gasteiger partial charge in [0, 0.05) is 13.2 Å². The van der Waals surface area contributed by atoms with Crippen LogP contribution < -0.4 is 5.32 Å². The highest BCUT2D eigenvalue weighted by Crippen LogP contribution is 2.35. The molecular formula is C11H20N2O5S. The average Bonchev–Trinajstić information content (AvgIpc) is 2.76. The van der Waals surface area contributed by atoms with E-state index in [0.29, 0.717) is 11.8 Å².